The molecule has 18 heavy (non-hydrogen) atoms. The maximum Gasteiger partial charge on any atom is 0.165 e. The quantitative estimate of drug-likeness (QED) is 0.787. The van der Waals surface area contributed by atoms with Gasteiger partial charge in [0.2, 0.25) is 0 Å². The summed E-state index contributed by atoms with van der Waals surface area (Å²) in [6.07, 6.45) is 2.45. The summed E-state index contributed by atoms with van der Waals surface area (Å²) in [6.45, 7) is 1.98. The summed E-state index contributed by atoms with van der Waals surface area (Å²) >= 11 is 6.82. The Balaban J connectivity index is 2.40. The minimum Gasteiger partial charge on any atom is -0.496 e. The molecule has 0 saturated heterocycles. The largest absolute Gasteiger partial charge is 0.496 e. The summed E-state index contributed by atoms with van der Waals surface area (Å²) in [5, 5.41) is 0. The molecule has 1 aliphatic rings. The zero-order valence-electron chi connectivity index (χ0n) is 10.3. The lowest BCUT2D eigenvalue weighted by Crippen LogP contribution is -2.21. The number of methoxy groups -OCH3 is 1. The van der Waals surface area contributed by atoms with E-state index in [1.165, 1.54) is 11.8 Å². The molecule has 94 valence electrons. The van der Waals surface area contributed by atoms with E-state index >= 15 is 0 Å². The Morgan fingerprint density at radius 1 is 1.39 bits per heavy atom. The number of carbonyl (C=O) groups excluding carboxylic acids is 1. The van der Waals surface area contributed by atoms with E-state index in [-0.39, 0.29) is 11.7 Å². The number of allylic oxidation sites excluding steroid dienone is 1. The van der Waals surface area contributed by atoms with E-state index in [2.05, 4.69) is 0 Å². The number of benzene rings is 1. The molecule has 1 unspecified atom stereocenters. The maximum absolute atomic E-state index is 12.0. The molecule has 0 radical (unpaired) electrons. The number of thiocarbonyl (C=S) groups is 1. The number of hydrogen-bond acceptors (Lipinski definition) is 4. The van der Waals surface area contributed by atoms with Gasteiger partial charge in [0.1, 0.15) is 5.75 Å². The van der Waals surface area contributed by atoms with Crippen LogP contribution >= 0.6 is 24.0 Å². The molecule has 0 saturated carbocycles. The minimum absolute atomic E-state index is 0.0992. The van der Waals surface area contributed by atoms with Gasteiger partial charge in [-0.15, -0.1) is 0 Å². The molecule has 1 aromatic rings. The zero-order valence-corrected chi connectivity index (χ0v) is 11.9. The third kappa shape index (κ3) is 2.49. The predicted molar refractivity (Wildman–Crippen MR) is 79.9 cm³/mol. The fraction of sp³-hybridized carbons (Fsp3) is 0.286. The molecule has 2 rings (SSSR count). The SMILES string of the molecule is CCC1C(=O)C=C(c2ccccc2OC)SC1=S. The van der Waals surface area contributed by atoms with E-state index in [1.54, 1.807) is 13.2 Å². The van der Waals surface area contributed by atoms with E-state index in [1.807, 2.05) is 31.2 Å². The van der Waals surface area contributed by atoms with Gasteiger partial charge in [-0.05, 0) is 18.6 Å². The van der Waals surface area contributed by atoms with Crippen LogP contribution in [0, 0.1) is 5.92 Å². The minimum atomic E-state index is -0.122. The molecule has 1 aliphatic heterocycles. The van der Waals surface area contributed by atoms with Gasteiger partial charge in [-0.3, -0.25) is 4.79 Å². The van der Waals surface area contributed by atoms with Gasteiger partial charge in [0.25, 0.3) is 0 Å². The lowest BCUT2D eigenvalue weighted by atomic mass is 10.0. The van der Waals surface area contributed by atoms with Crippen LogP contribution in [0.5, 0.6) is 5.75 Å². The van der Waals surface area contributed by atoms with Crippen LogP contribution in [-0.2, 0) is 4.79 Å². The molecule has 4 heteroatoms. The van der Waals surface area contributed by atoms with Crippen molar-refractivity contribution in [3.8, 4) is 5.75 Å². The third-order valence-corrected chi connectivity index (χ3v) is 4.47. The van der Waals surface area contributed by atoms with Gasteiger partial charge in [-0.25, -0.2) is 0 Å². The standard InChI is InChI=1S/C14H14O2S2/c1-3-9-11(15)8-13(18-14(9)17)10-6-4-5-7-12(10)16-2/h4-9H,3H2,1-2H3. The van der Waals surface area contributed by atoms with Crippen LogP contribution < -0.4 is 4.74 Å². The van der Waals surface area contributed by atoms with E-state index < -0.39 is 0 Å². The molecule has 0 aromatic heterocycles. The number of ether oxygens (including phenoxy) is 1. The molecule has 0 fully saturated rings. The van der Waals surface area contributed by atoms with Crippen molar-refractivity contribution in [1.29, 1.82) is 0 Å². The molecule has 0 amide bonds. The molecule has 1 aromatic carbocycles. The molecular formula is C14H14O2S2. The topological polar surface area (TPSA) is 26.3 Å². The summed E-state index contributed by atoms with van der Waals surface area (Å²) in [7, 11) is 1.63. The normalized spacial score (nSPS) is 19.7. The molecule has 0 spiro atoms. The first-order chi connectivity index (χ1) is 8.67. The van der Waals surface area contributed by atoms with Crippen molar-refractivity contribution in [2.24, 2.45) is 5.92 Å². The molecular weight excluding hydrogens is 264 g/mol. The summed E-state index contributed by atoms with van der Waals surface area (Å²) in [4.78, 5) is 12.9. The molecule has 1 heterocycles. The van der Waals surface area contributed by atoms with Gasteiger partial charge in [-0.1, -0.05) is 49.1 Å². The molecule has 0 N–H and O–H groups in total. The van der Waals surface area contributed by atoms with Crippen LogP contribution in [0.4, 0.5) is 0 Å². The first-order valence-corrected chi connectivity index (χ1v) is 7.00. The number of para-hydroxylation sites is 1. The highest BCUT2D eigenvalue weighted by Gasteiger charge is 2.27. The van der Waals surface area contributed by atoms with Crippen molar-refractivity contribution >= 4 is 38.9 Å². The lowest BCUT2D eigenvalue weighted by Gasteiger charge is -2.21. The van der Waals surface area contributed by atoms with Crippen LogP contribution in [-0.4, -0.2) is 17.1 Å². The van der Waals surface area contributed by atoms with E-state index in [4.69, 9.17) is 17.0 Å². The van der Waals surface area contributed by atoms with Crippen molar-refractivity contribution < 1.29 is 9.53 Å². The molecule has 2 nitrogen and oxygen atoms in total. The van der Waals surface area contributed by atoms with Crippen molar-refractivity contribution in [1.82, 2.24) is 0 Å². The lowest BCUT2D eigenvalue weighted by molar-refractivity contribution is -0.116. The van der Waals surface area contributed by atoms with Gasteiger partial charge in [0.05, 0.1) is 17.2 Å². The Hall–Kier alpha value is -1.13. The van der Waals surface area contributed by atoms with Crippen molar-refractivity contribution in [3.05, 3.63) is 35.9 Å². The van der Waals surface area contributed by atoms with Crippen LogP contribution in [0.2, 0.25) is 0 Å². The monoisotopic (exact) mass is 278 g/mol. The first kappa shape index (κ1) is 13.3. The van der Waals surface area contributed by atoms with E-state index in [0.29, 0.717) is 0 Å². The molecule has 0 aliphatic carbocycles. The second-order valence-electron chi connectivity index (χ2n) is 3.99. The van der Waals surface area contributed by atoms with Gasteiger partial charge in [0.15, 0.2) is 5.78 Å². The van der Waals surface area contributed by atoms with Gasteiger partial charge < -0.3 is 4.74 Å². The predicted octanol–water partition coefficient (Wildman–Crippen LogP) is 3.71. The zero-order chi connectivity index (χ0) is 13.1. The second kappa shape index (κ2) is 5.67. The Morgan fingerprint density at radius 2 is 2.11 bits per heavy atom. The number of ketones is 1. The Morgan fingerprint density at radius 3 is 2.72 bits per heavy atom. The fourth-order valence-electron chi connectivity index (χ4n) is 1.90. The van der Waals surface area contributed by atoms with Crippen molar-refractivity contribution in [3.63, 3.8) is 0 Å². The van der Waals surface area contributed by atoms with E-state index in [0.717, 1.165) is 26.8 Å². The third-order valence-electron chi connectivity index (χ3n) is 2.89. The average molecular weight is 278 g/mol. The van der Waals surface area contributed by atoms with Crippen LogP contribution in [0.1, 0.15) is 18.9 Å². The van der Waals surface area contributed by atoms with Crippen molar-refractivity contribution in [2.75, 3.05) is 7.11 Å². The fourth-order valence-corrected chi connectivity index (χ4v) is 3.55. The Kier molecular flexibility index (Phi) is 4.19. The highest BCUT2D eigenvalue weighted by atomic mass is 32.2. The Bertz CT molecular complexity index is 520. The highest BCUT2D eigenvalue weighted by Crippen LogP contribution is 2.40. The smallest absolute Gasteiger partial charge is 0.165 e. The van der Waals surface area contributed by atoms with Crippen LogP contribution in [0.25, 0.3) is 4.91 Å². The number of carbonyl (C=O) groups is 1. The van der Waals surface area contributed by atoms with Gasteiger partial charge >= 0.3 is 0 Å². The highest BCUT2D eigenvalue weighted by molar-refractivity contribution is 8.29. The summed E-state index contributed by atoms with van der Waals surface area (Å²) in [5.41, 5.74) is 0.926. The summed E-state index contributed by atoms with van der Waals surface area (Å²) < 4.78 is 6.07. The van der Waals surface area contributed by atoms with Crippen LogP contribution in [0.15, 0.2) is 30.3 Å². The number of hydrogen-bond donors (Lipinski definition) is 0. The number of rotatable bonds is 3. The van der Waals surface area contributed by atoms with Gasteiger partial charge in [0, 0.05) is 10.5 Å². The number of thioether (sulfide) groups is 1. The second-order valence-corrected chi connectivity index (χ2v) is 5.78. The first-order valence-electron chi connectivity index (χ1n) is 5.78. The summed E-state index contributed by atoms with van der Waals surface area (Å²) in [6, 6.07) is 7.67. The van der Waals surface area contributed by atoms with Gasteiger partial charge in [-0.2, -0.15) is 0 Å². The van der Waals surface area contributed by atoms with Crippen molar-refractivity contribution in [2.45, 2.75) is 13.3 Å². The average Bonchev–Trinajstić information content (AvgIpc) is 2.38. The molecule has 0 bridgehead atoms. The van der Waals surface area contributed by atoms with Crippen LogP contribution in [0.3, 0.4) is 0 Å². The molecule has 1 atom stereocenters. The van der Waals surface area contributed by atoms with E-state index in [9.17, 15) is 4.79 Å². The maximum atomic E-state index is 12.0. The summed E-state index contributed by atoms with van der Waals surface area (Å²) in [5.74, 6) is 0.743. The Labute approximate surface area is 116 Å².